The van der Waals surface area contributed by atoms with Gasteiger partial charge >= 0.3 is 6.01 Å². The van der Waals surface area contributed by atoms with Crippen molar-refractivity contribution in [1.82, 2.24) is 9.97 Å². The zero-order valence-electron chi connectivity index (χ0n) is 12.7. The van der Waals surface area contributed by atoms with Crippen molar-refractivity contribution in [3.8, 4) is 6.01 Å². The summed E-state index contributed by atoms with van der Waals surface area (Å²) in [6, 6.07) is 8.16. The molecule has 0 spiro atoms. The van der Waals surface area contributed by atoms with Gasteiger partial charge in [0, 0.05) is 24.3 Å². The zero-order valence-corrected chi connectivity index (χ0v) is 12.7. The molecule has 0 saturated heterocycles. The Bertz CT molecular complexity index is 652. The van der Waals surface area contributed by atoms with Gasteiger partial charge in [0.2, 0.25) is 0 Å². The van der Waals surface area contributed by atoms with Crippen molar-refractivity contribution in [3.63, 3.8) is 0 Å². The Balaban J connectivity index is 1.95. The van der Waals surface area contributed by atoms with Crippen LogP contribution in [0.15, 0.2) is 53.7 Å². The Morgan fingerprint density at radius 2 is 2.05 bits per heavy atom. The highest BCUT2D eigenvalue weighted by Crippen LogP contribution is 2.14. The van der Waals surface area contributed by atoms with Crippen LogP contribution in [0, 0.1) is 12.5 Å². The third-order valence-electron chi connectivity index (χ3n) is 3.12. The zero-order chi connectivity index (χ0) is 15.8. The first-order valence-electron chi connectivity index (χ1n) is 7.05. The van der Waals surface area contributed by atoms with Crippen LogP contribution in [0.25, 0.3) is 0 Å². The highest BCUT2D eigenvalue weighted by molar-refractivity contribution is 5.52. The summed E-state index contributed by atoms with van der Waals surface area (Å²) >= 11 is 0. The molecular weight excluding hydrogens is 278 g/mol. The van der Waals surface area contributed by atoms with Gasteiger partial charge in [0.25, 0.3) is 0 Å². The van der Waals surface area contributed by atoms with Crippen LogP contribution in [0.3, 0.4) is 0 Å². The second-order valence-corrected chi connectivity index (χ2v) is 4.72. The minimum absolute atomic E-state index is 0.133. The van der Waals surface area contributed by atoms with E-state index < -0.39 is 0 Å². The summed E-state index contributed by atoms with van der Waals surface area (Å²) in [5, 5.41) is 6.57. The Morgan fingerprint density at radius 1 is 1.32 bits per heavy atom. The van der Waals surface area contributed by atoms with Gasteiger partial charge in [0.1, 0.15) is 12.3 Å². The molecule has 22 heavy (non-hydrogen) atoms. The maximum atomic E-state index is 7.21. The number of rotatable bonds is 7. The number of nitrogens with zero attached hydrogens (tertiary/aromatic N) is 3. The molecule has 0 atom stereocenters. The van der Waals surface area contributed by atoms with E-state index in [1.54, 1.807) is 18.6 Å². The van der Waals surface area contributed by atoms with Gasteiger partial charge in [0.05, 0.1) is 0 Å². The van der Waals surface area contributed by atoms with Gasteiger partial charge in [-0.3, -0.25) is 0 Å². The monoisotopic (exact) mass is 297 g/mol. The summed E-state index contributed by atoms with van der Waals surface area (Å²) in [4.78, 5) is 8.21. The normalized spacial score (nSPS) is 11.1. The maximum absolute atomic E-state index is 7.21. The fourth-order valence-electron chi connectivity index (χ4n) is 1.74. The number of hydrogen-bond donors (Lipinski definition) is 2. The number of aromatic nitrogens is 2. The molecule has 1 aromatic heterocycles. The van der Waals surface area contributed by atoms with Crippen molar-refractivity contribution in [3.05, 3.63) is 59.7 Å². The Hall–Kier alpha value is -2.76. The summed E-state index contributed by atoms with van der Waals surface area (Å²) in [5.74, 6) is 0. The molecule has 2 N–H and O–H groups in total. The number of ether oxygens (including phenoxy) is 1. The Morgan fingerprint density at radius 3 is 2.68 bits per heavy atom. The number of para-hydroxylation sites is 1. The fourth-order valence-corrected chi connectivity index (χ4v) is 1.74. The van der Waals surface area contributed by atoms with Gasteiger partial charge in [-0.1, -0.05) is 25.1 Å². The van der Waals surface area contributed by atoms with Crippen molar-refractivity contribution in [2.45, 2.75) is 20.3 Å². The summed E-state index contributed by atoms with van der Waals surface area (Å²) in [5.41, 5.74) is 10.8. The molecule has 114 valence electrons. The van der Waals surface area contributed by atoms with E-state index in [0.717, 1.165) is 23.2 Å². The van der Waals surface area contributed by atoms with E-state index in [1.165, 1.54) is 0 Å². The van der Waals surface area contributed by atoms with Crippen molar-refractivity contribution in [2.75, 3.05) is 11.9 Å². The van der Waals surface area contributed by atoms with Crippen LogP contribution in [-0.2, 0) is 6.42 Å². The fraction of sp³-hybridized carbons (Fsp3) is 0.250. The van der Waals surface area contributed by atoms with Crippen LogP contribution >= 0.6 is 0 Å². The Labute approximate surface area is 129 Å². The van der Waals surface area contributed by atoms with E-state index in [4.69, 9.17) is 10.3 Å². The first kappa shape index (κ1) is 15.6. The smallest absolute Gasteiger partial charge is 0.316 e. The summed E-state index contributed by atoms with van der Waals surface area (Å²) in [6.07, 6.45) is 5.99. The summed E-state index contributed by atoms with van der Waals surface area (Å²) < 4.78 is 5.43. The molecule has 2 rings (SSSR count). The van der Waals surface area contributed by atoms with Crippen LogP contribution in [-0.4, -0.2) is 16.6 Å². The first-order valence-corrected chi connectivity index (χ1v) is 7.05. The molecule has 0 saturated carbocycles. The highest BCUT2D eigenvalue weighted by Gasteiger charge is 2.02. The van der Waals surface area contributed by atoms with E-state index in [9.17, 15) is 0 Å². The second-order valence-electron chi connectivity index (χ2n) is 4.72. The average Bonchev–Trinajstić information content (AvgIpc) is 2.57. The molecular formula is C16H19N5O. The second kappa shape index (κ2) is 7.87. The SMILES string of the molecule is CCc1cnc(OC/C(=C/Nc2ccccc2C)N=N)nc1. The molecule has 6 heteroatoms. The number of hydrogen-bond acceptors (Lipinski definition) is 6. The predicted octanol–water partition coefficient (Wildman–Crippen LogP) is 3.71. The molecule has 0 amide bonds. The third kappa shape index (κ3) is 4.37. The topological polar surface area (TPSA) is 83.2 Å². The van der Waals surface area contributed by atoms with Crippen molar-refractivity contribution in [2.24, 2.45) is 5.11 Å². The molecule has 1 aromatic carbocycles. The lowest BCUT2D eigenvalue weighted by Gasteiger charge is -2.07. The highest BCUT2D eigenvalue weighted by atomic mass is 16.5. The molecule has 0 fully saturated rings. The molecule has 0 aliphatic carbocycles. The van der Waals surface area contributed by atoms with Gasteiger partial charge in [-0.2, -0.15) is 5.11 Å². The molecule has 0 aliphatic rings. The third-order valence-corrected chi connectivity index (χ3v) is 3.12. The van der Waals surface area contributed by atoms with E-state index in [0.29, 0.717) is 5.70 Å². The molecule has 2 aromatic rings. The van der Waals surface area contributed by atoms with Crippen LogP contribution in [0.5, 0.6) is 6.01 Å². The average molecular weight is 297 g/mol. The van der Waals surface area contributed by atoms with E-state index in [-0.39, 0.29) is 12.6 Å². The molecule has 0 aliphatic heterocycles. The number of anilines is 1. The number of nitrogens with one attached hydrogen (secondary N) is 2. The van der Waals surface area contributed by atoms with Crippen LogP contribution in [0.4, 0.5) is 5.69 Å². The summed E-state index contributed by atoms with van der Waals surface area (Å²) in [7, 11) is 0. The largest absolute Gasteiger partial charge is 0.457 e. The van der Waals surface area contributed by atoms with Crippen molar-refractivity contribution < 1.29 is 4.74 Å². The lowest BCUT2D eigenvalue weighted by molar-refractivity contribution is 0.320. The van der Waals surface area contributed by atoms with E-state index >= 15 is 0 Å². The standard InChI is InChI=1S/C16H19N5O/c1-3-13-8-19-16(20-9-13)22-11-14(21-17)10-18-15-7-5-4-6-12(15)2/h4-10,17-18H,3,11H2,1-2H3/b14-10-,21-17?. The van der Waals surface area contributed by atoms with Gasteiger partial charge in [-0.25, -0.2) is 15.5 Å². The Kier molecular flexibility index (Phi) is 5.59. The van der Waals surface area contributed by atoms with E-state index in [2.05, 4.69) is 20.4 Å². The minimum Gasteiger partial charge on any atom is -0.457 e. The molecule has 0 radical (unpaired) electrons. The number of aryl methyl sites for hydroxylation is 2. The van der Waals surface area contributed by atoms with Gasteiger partial charge in [0.15, 0.2) is 0 Å². The predicted molar refractivity (Wildman–Crippen MR) is 84.9 cm³/mol. The van der Waals surface area contributed by atoms with E-state index in [1.807, 2.05) is 38.1 Å². The molecule has 0 bridgehead atoms. The van der Waals surface area contributed by atoms with Gasteiger partial charge in [-0.15, -0.1) is 0 Å². The lowest BCUT2D eigenvalue weighted by atomic mass is 10.2. The van der Waals surface area contributed by atoms with Crippen LogP contribution in [0.1, 0.15) is 18.1 Å². The van der Waals surface area contributed by atoms with Crippen molar-refractivity contribution in [1.29, 1.82) is 5.53 Å². The van der Waals surface area contributed by atoms with Crippen LogP contribution in [0.2, 0.25) is 0 Å². The van der Waals surface area contributed by atoms with Gasteiger partial charge in [-0.05, 0) is 30.5 Å². The minimum atomic E-state index is 0.133. The van der Waals surface area contributed by atoms with Crippen LogP contribution < -0.4 is 10.1 Å². The molecule has 0 unspecified atom stereocenters. The lowest BCUT2D eigenvalue weighted by Crippen LogP contribution is -2.05. The van der Waals surface area contributed by atoms with Crippen molar-refractivity contribution >= 4 is 5.69 Å². The summed E-state index contributed by atoms with van der Waals surface area (Å²) in [6.45, 7) is 4.18. The number of benzene rings is 1. The maximum Gasteiger partial charge on any atom is 0.316 e. The molecule has 1 heterocycles. The first-order chi connectivity index (χ1) is 10.7. The van der Waals surface area contributed by atoms with Gasteiger partial charge < -0.3 is 10.1 Å². The quantitative estimate of drug-likeness (QED) is 0.763. The molecule has 6 nitrogen and oxygen atoms in total.